The molecule has 1 amide bonds. The second-order valence-corrected chi connectivity index (χ2v) is 6.74. The van der Waals surface area contributed by atoms with Crippen LogP contribution in [-0.2, 0) is 9.47 Å². The number of rotatable bonds is 6. The van der Waals surface area contributed by atoms with Crippen LogP contribution in [0.15, 0.2) is 24.3 Å². The van der Waals surface area contributed by atoms with E-state index in [2.05, 4.69) is 11.8 Å². The lowest BCUT2D eigenvalue weighted by atomic mass is 10.0. The van der Waals surface area contributed by atoms with Gasteiger partial charge in [0, 0.05) is 39.3 Å². The maximum atomic E-state index is 13.0. The van der Waals surface area contributed by atoms with Crippen LogP contribution >= 0.6 is 0 Å². The Hall–Kier alpha value is -1.63. The first-order valence-electron chi connectivity index (χ1n) is 9.02. The van der Waals surface area contributed by atoms with Crippen LogP contribution in [0.1, 0.15) is 17.3 Å². The number of likely N-dealkylation sites (tertiary alicyclic amines) is 1. The van der Waals surface area contributed by atoms with E-state index in [1.165, 1.54) is 0 Å². The van der Waals surface area contributed by atoms with Crippen LogP contribution in [0, 0.1) is 5.92 Å². The molecule has 2 aliphatic heterocycles. The number of hydrogen-bond donors (Lipinski definition) is 0. The maximum Gasteiger partial charge on any atom is 0.257 e. The molecule has 2 fully saturated rings. The number of amides is 1. The normalized spacial score (nSPS) is 24.5. The first kappa shape index (κ1) is 18.2. The molecule has 25 heavy (non-hydrogen) atoms. The summed E-state index contributed by atoms with van der Waals surface area (Å²) in [5.74, 6) is 1.14. The maximum absolute atomic E-state index is 13.0. The lowest BCUT2D eigenvalue weighted by Crippen LogP contribution is -2.47. The number of ether oxygens (including phenoxy) is 3. The minimum Gasteiger partial charge on any atom is -0.490 e. The zero-order valence-corrected chi connectivity index (χ0v) is 15.1. The smallest absolute Gasteiger partial charge is 0.257 e. The second-order valence-electron chi connectivity index (χ2n) is 6.74. The van der Waals surface area contributed by atoms with E-state index >= 15 is 0 Å². The molecule has 3 rings (SSSR count). The summed E-state index contributed by atoms with van der Waals surface area (Å²) in [6.07, 6.45) is 0. The Morgan fingerprint density at radius 1 is 1.20 bits per heavy atom. The summed E-state index contributed by atoms with van der Waals surface area (Å²) in [5.41, 5.74) is 0.633. The quantitative estimate of drug-likeness (QED) is 0.730. The molecule has 0 spiro atoms. The molecule has 138 valence electrons. The van der Waals surface area contributed by atoms with Crippen molar-refractivity contribution in [3.8, 4) is 5.75 Å². The third kappa shape index (κ3) is 4.32. The zero-order chi connectivity index (χ0) is 17.6. The Balaban J connectivity index is 1.67. The van der Waals surface area contributed by atoms with Gasteiger partial charge >= 0.3 is 0 Å². The van der Waals surface area contributed by atoms with Crippen molar-refractivity contribution in [2.24, 2.45) is 5.92 Å². The molecule has 0 unspecified atom stereocenters. The van der Waals surface area contributed by atoms with Crippen molar-refractivity contribution in [2.45, 2.75) is 13.0 Å². The van der Waals surface area contributed by atoms with E-state index in [0.29, 0.717) is 36.5 Å². The topological polar surface area (TPSA) is 51.2 Å². The minimum absolute atomic E-state index is 0.0515. The molecular formula is C19H28N2O4. The fourth-order valence-corrected chi connectivity index (χ4v) is 3.67. The Morgan fingerprint density at radius 3 is 2.72 bits per heavy atom. The summed E-state index contributed by atoms with van der Waals surface area (Å²) in [6, 6.07) is 7.88. The molecule has 0 saturated carbocycles. The summed E-state index contributed by atoms with van der Waals surface area (Å²) in [4.78, 5) is 17.5. The number of carbonyl (C=O) groups is 1. The molecule has 0 bridgehead atoms. The van der Waals surface area contributed by atoms with Gasteiger partial charge in [0.1, 0.15) is 12.4 Å². The van der Waals surface area contributed by atoms with E-state index in [-0.39, 0.29) is 5.91 Å². The number of benzene rings is 1. The standard InChI is InChI=1S/C19H28N2O4/c1-15-13-21(14-17(15)20-7-9-24-10-8-20)19(22)16-5-3-4-6-18(16)25-12-11-23-2/h3-6,15,17H,7-14H2,1-2H3/t15-,17-/m1/s1. The van der Waals surface area contributed by atoms with E-state index in [9.17, 15) is 4.79 Å². The van der Waals surface area contributed by atoms with Gasteiger partial charge in [-0.25, -0.2) is 0 Å². The number of nitrogens with zero attached hydrogens (tertiary/aromatic N) is 2. The van der Waals surface area contributed by atoms with Crippen molar-refractivity contribution in [3.63, 3.8) is 0 Å². The molecule has 2 aliphatic rings. The van der Waals surface area contributed by atoms with Gasteiger partial charge in [-0.05, 0) is 18.1 Å². The Bertz CT molecular complexity index is 574. The molecule has 6 nitrogen and oxygen atoms in total. The predicted molar refractivity (Wildman–Crippen MR) is 95.1 cm³/mol. The highest BCUT2D eigenvalue weighted by molar-refractivity contribution is 5.97. The largest absolute Gasteiger partial charge is 0.490 e. The summed E-state index contributed by atoms with van der Waals surface area (Å²) < 4.78 is 16.2. The fourth-order valence-electron chi connectivity index (χ4n) is 3.67. The highest BCUT2D eigenvalue weighted by Gasteiger charge is 2.37. The van der Waals surface area contributed by atoms with Gasteiger partial charge in [0.05, 0.1) is 25.4 Å². The molecular weight excluding hydrogens is 320 g/mol. The van der Waals surface area contributed by atoms with Crippen LogP contribution in [0.4, 0.5) is 0 Å². The van der Waals surface area contributed by atoms with Gasteiger partial charge in [-0.15, -0.1) is 0 Å². The molecule has 0 N–H and O–H groups in total. The molecule has 2 heterocycles. The Morgan fingerprint density at radius 2 is 1.96 bits per heavy atom. The lowest BCUT2D eigenvalue weighted by Gasteiger charge is -2.34. The highest BCUT2D eigenvalue weighted by Crippen LogP contribution is 2.27. The van der Waals surface area contributed by atoms with Crippen molar-refractivity contribution in [3.05, 3.63) is 29.8 Å². The third-order valence-corrected chi connectivity index (χ3v) is 5.04. The summed E-state index contributed by atoms with van der Waals surface area (Å²) in [5, 5.41) is 0. The van der Waals surface area contributed by atoms with E-state index in [1.54, 1.807) is 7.11 Å². The van der Waals surface area contributed by atoms with Crippen LogP contribution in [-0.4, -0.2) is 81.5 Å². The molecule has 2 atom stereocenters. The van der Waals surface area contributed by atoms with E-state index in [1.807, 2.05) is 29.2 Å². The van der Waals surface area contributed by atoms with Crippen LogP contribution < -0.4 is 4.74 Å². The average molecular weight is 348 g/mol. The zero-order valence-electron chi connectivity index (χ0n) is 15.1. The fraction of sp³-hybridized carbons (Fsp3) is 0.632. The molecule has 2 saturated heterocycles. The second kappa shape index (κ2) is 8.65. The van der Waals surface area contributed by atoms with Crippen molar-refractivity contribution in [1.29, 1.82) is 0 Å². The van der Waals surface area contributed by atoms with Gasteiger partial charge in [0.15, 0.2) is 0 Å². The molecule has 1 aromatic carbocycles. The molecule has 0 radical (unpaired) electrons. The number of morpholine rings is 1. The van der Waals surface area contributed by atoms with Crippen molar-refractivity contribution in [1.82, 2.24) is 9.80 Å². The number of para-hydroxylation sites is 1. The van der Waals surface area contributed by atoms with E-state index in [0.717, 1.165) is 39.4 Å². The van der Waals surface area contributed by atoms with Crippen LogP contribution in [0.5, 0.6) is 5.75 Å². The first-order valence-corrected chi connectivity index (χ1v) is 9.02. The summed E-state index contributed by atoms with van der Waals surface area (Å²) >= 11 is 0. The van der Waals surface area contributed by atoms with Gasteiger partial charge in [-0.2, -0.15) is 0 Å². The average Bonchev–Trinajstić information content (AvgIpc) is 3.04. The SMILES string of the molecule is COCCOc1ccccc1C(=O)N1C[C@@H](C)[C@H](N2CCOCC2)C1. The molecule has 0 aliphatic carbocycles. The molecule has 0 aromatic heterocycles. The van der Waals surface area contributed by atoms with Gasteiger partial charge in [0.2, 0.25) is 0 Å². The van der Waals surface area contributed by atoms with Crippen molar-refractivity contribution >= 4 is 5.91 Å². The van der Waals surface area contributed by atoms with Crippen molar-refractivity contribution in [2.75, 3.05) is 59.7 Å². The Kier molecular flexibility index (Phi) is 6.29. The Labute approximate surface area is 149 Å². The van der Waals surface area contributed by atoms with Gasteiger partial charge < -0.3 is 19.1 Å². The predicted octanol–water partition coefficient (Wildman–Crippen LogP) is 1.50. The van der Waals surface area contributed by atoms with Crippen LogP contribution in [0.25, 0.3) is 0 Å². The highest BCUT2D eigenvalue weighted by atomic mass is 16.5. The van der Waals surface area contributed by atoms with E-state index < -0.39 is 0 Å². The van der Waals surface area contributed by atoms with Gasteiger partial charge in [0.25, 0.3) is 5.91 Å². The number of carbonyl (C=O) groups excluding carboxylic acids is 1. The monoisotopic (exact) mass is 348 g/mol. The van der Waals surface area contributed by atoms with Gasteiger partial charge in [-0.3, -0.25) is 9.69 Å². The number of hydrogen-bond acceptors (Lipinski definition) is 5. The third-order valence-electron chi connectivity index (χ3n) is 5.04. The van der Waals surface area contributed by atoms with E-state index in [4.69, 9.17) is 14.2 Å². The summed E-state index contributed by atoms with van der Waals surface area (Å²) in [7, 11) is 1.64. The van der Waals surface area contributed by atoms with Crippen LogP contribution in [0.3, 0.4) is 0 Å². The molecule has 1 aromatic rings. The first-order chi connectivity index (χ1) is 12.2. The lowest BCUT2D eigenvalue weighted by molar-refractivity contribution is 0.0119. The minimum atomic E-state index is 0.0515. The number of methoxy groups -OCH3 is 1. The van der Waals surface area contributed by atoms with Crippen LogP contribution in [0.2, 0.25) is 0 Å². The van der Waals surface area contributed by atoms with Crippen molar-refractivity contribution < 1.29 is 19.0 Å². The summed E-state index contributed by atoms with van der Waals surface area (Å²) in [6.45, 7) is 8.20. The molecule has 6 heteroatoms. The van der Waals surface area contributed by atoms with Gasteiger partial charge in [-0.1, -0.05) is 19.1 Å².